The predicted molar refractivity (Wildman–Crippen MR) is 87.9 cm³/mol. The van der Waals surface area contributed by atoms with E-state index in [1.165, 1.54) is 4.90 Å². The lowest BCUT2D eigenvalue weighted by Gasteiger charge is -2.32. The van der Waals surface area contributed by atoms with Crippen LogP contribution in [0.15, 0.2) is 42.6 Å². The van der Waals surface area contributed by atoms with Gasteiger partial charge in [0.2, 0.25) is 0 Å². The molecule has 1 aliphatic heterocycles. The van der Waals surface area contributed by atoms with Crippen LogP contribution in [0.3, 0.4) is 0 Å². The van der Waals surface area contributed by atoms with E-state index < -0.39 is 23.2 Å². The molecule has 1 saturated heterocycles. The zero-order chi connectivity index (χ0) is 17.8. The molecule has 130 valence electrons. The molecule has 0 saturated carbocycles. The maximum atomic E-state index is 13.8. The number of ketones is 1. The Morgan fingerprint density at radius 1 is 1.20 bits per heavy atom. The van der Waals surface area contributed by atoms with Crippen LogP contribution in [0.4, 0.5) is 8.78 Å². The third-order valence-electron chi connectivity index (χ3n) is 4.40. The van der Waals surface area contributed by atoms with Crippen LogP contribution in [0.25, 0.3) is 0 Å². The minimum atomic E-state index is -0.984. The van der Waals surface area contributed by atoms with Gasteiger partial charge in [-0.3, -0.25) is 9.59 Å². The van der Waals surface area contributed by atoms with Crippen molar-refractivity contribution in [1.82, 2.24) is 9.88 Å². The molecule has 0 spiro atoms. The highest BCUT2D eigenvalue weighted by Gasteiger charge is 2.30. The maximum absolute atomic E-state index is 13.8. The third kappa shape index (κ3) is 4.07. The van der Waals surface area contributed by atoms with Gasteiger partial charge in [-0.2, -0.15) is 0 Å². The van der Waals surface area contributed by atoms with Crippen molar-refractivity contribution in [1.29, 1.82) is 0 Å². The summed E-state index contributed by atoms with van der Waals surface area (Å²) in [4.78, 5) is 29.9. The summed E-state index contributed by atoms with van der Waals surface area (Å²) in [5.74, 6) is -2.63. The van der Waals surface area contributed by atoms with Crippen LogP contribution in [0.5, 0.6) is 0 Å². The number of pyridine rings is 1. The quantitative estimate of drug-likeness (QED) is 0.857. The molecule has 0 radical (unpaired) electrons. The Labute approximate surface area is 144 Å². The fourth-order valence-corrected chi connectivity index (χ4v) is 3.09. The Morgan fingerprint density at radius 3 is 2.68 bits per heavy atom. The van der Waals surface area contributed by atoms with Crippen LogP contribution < -0.4 is 0 Å². The first-order chi connectivity index (χ1) is 12.0. The molecule has 3 rings (SSSR count). The van der Waals surface area contributed by atoms with Gasteiger partial charge in [-0.05, 0) is 18.4 Å². The number of likely N-dealkylation sites (tertiary alicyclic amines) is 1. The Balaban J connectivity index is 1.68. The molecule has 0 aliphatic carbocycles. The van der Waals surface area contributed by atoms with E-state index in [0.717, 1.165) is 11.8 Å². The van der Waals surface area contributed by atoms with E-state index in [2.05, 4.69) is 4.98 Å². The second kappa shape index (κ2) is 7.51. The molecule has 0 N–H and O–H groups in total. The number of hydrogen-bond donors (Lipinski definition) is 0. The highest BCUT2D eigenvalue weighted by molar-refractivity contribution is 5.93. The Hall–Kier alpha value is -2.63. The van der Waals surface area contributed by atoms with Crippen LogP contribution in [0.1, 0.15) is 28.9 Å². The van der Waals surface area contributed by atoms with E-state index in [-0.39, 0.29) is 18.2 Å². The number of Topliss-reactive ketones (excluding diaryl/α,β-unsaturated/α-hetero) is 1. The second-order valence-electron chi connectivity index (χ2n) is 6.20. The highest BCUT2D eigenvalue weighted by Crippen LogP contribution is 2.21. The average molecular weight is 344 g/mol. The summed E-state index contributed by atoms with van der Waals surface area (Å²) in [6.07, 6.45) is 2.50. The van der Waals surface area contributed by atoms with Gasteiger partial charge in [0.05, 0.1) is 6.20 Å². The van der Waals surface area contributed by atoms with Crippen molar-refractivity contribution in [2.45, 2.75) is 19.3 Å². The molecule has 0 bridgehead atoms. The number of amides is 1. The summed E-state index contributed by atoms with van der Waals surface area (Å²) in [6, 6.07) is 10.1. The zero-order valence-electron chi connectivity index (χ0n) is 13.6. The van der Waals surface area contributed by atoms with E-state index in [0.29, 0.717) is 31.9 Å². The molecule has 1 atom stereocenters. The molecule has 2 heterocycles. The maximum Gasteiger partial charge on any atom is 0.275 e. The molecule has 1 amide bonds. The summed E-state index contributed by atoms with van der Waals surface area (Å²) in [6.45, 7) is 0.676. The lowest BCUT2D eigenvalue weighted by Crippen LogP contribution is -2.43. The molecule has 1 aromatic carbocycles. The van der Waals surface area contributed by atoms with Gasteiger partial charge in [-0.15, -0.1) is 0 Å². The Kier molecular flexibility index (Phi) is 5.16. The van der Waals surface area contributed by atoms with Gasteiger partial charge in [-0.1, -0.05) is 30.3 Å². The van der Waals surface area contributed by atoms with Gasteiger partial charge >= 0.3 is 0 Å². The monoisotopic (exact) mass is 344 g/mol. The number of benzene rings is 1. The Bertz CT molecular complexity index is 780. The summed E-state index contributed by atoms with van der Waals surface area (Å²) in [5.41, 5.74) is 0.528. The van der Waals surface area contributed by atoms with Crippen LogP contribution in [0, 0.1) is 17.6 Å². The largest absolute Gasteiger partial charge is 0.336 e. The number of piperidine rings is 1. The van der Waals surface area contributed by atoms with Crippen molar-refractivity contribution in [2.75, 3.05) is 13.1 Å². The van der Waals surface area contributed by atoms with Crippen molar-refractivity contribution in [3.63, 3.8) is 0 Å². The molecule has 4 nitrogen and oxygen atoms in total. The molecule has 25 heavy (non-hydrogen) atoms. The van der Waals surface area contributed by atoms with E-state index >= 15 is 0 Å². The fourth-order valence-electron chi connectivity index (χ4n) is 3.09. The average Bonchev–Trinajstić information content (AvgIpc) is 2.62. The smallest absolute Gasteiger partial charge is 0.275 e. The number of nitrogens with zero attached hydrogens (tertiary/aromatic N) is 2. The van der Waals surface area contributed by atoms with Crippen molar-refractivity contribution < 1.29 is 18.4 Å². The highest BCUT2D eigenvalue weighted by atomic mass is 19.1. The number of halogens is 2. The number of hydrogen-bond acceptors (Lipinski definition) is 3. The van der Waals surface area contributed by atoms with Gasteiger partial charge in [0.1, 0.15) is 11.6 Å². The van der Waals surface area contributed by atoms with Crippen molar-refractivity contribution >= 4 is 11.7 Å². The summed E-state index contributed by atoms with van der Waals surface area (Å²) in [7, 11) is 0. The summed E-state index contributed by atoms with van der Waals surface area (Å²) < 4.78 is 26.7. The standard InChI is InChI=1S/C19H18F2N2O2/c20-15-10-16(21)18(22-11-15)19(25)23-8-4-7-14(12-23)17(24)9-13-5-2-1-3-6-13/h1-3,5-6,10-11,14H,4,7-9,12H2/t14-/m1/s1. The zero-order valence-corrected chi connectivity index (χ0v) is 13.6. The van der Waals surface area contributed by atoms with E-state index in [4.69, 9.17) is 0 Å². The molecule has 1 fully saturated rings. The predicted octanol–water partition coefficient (Wildman–Crippen LogP) is 3.02. The van der Waals surface area contributed by atoms with Crippen LogP contribution >= 0.6 is 0 Å². The normalized spacial score (nSPS) is 17.4. The van der Waals surface area contributed by atoms with Crippen LogP contribution in [0.2, 0.25) is 0 Å². The van der Waals surface area contributed by atoms with Gasteiger partial charge in [0.25, 0.3) is 5.91 Å². The fraction of sp³-hybridized carbons (Fsp3) is 0.316. The Morgan fingerprint density at radius 2 is 1.96 bits per heavy atom. The molecule has 1 aromatic heterocycles. The first-order valence-electron chi connectivity index (χ1n) is 8.21. The summed E-state index contributed by atoms with van der Waals surface area (Å²) in [5, 5.41) is 0. The van der Waals surface area contributed by atoms with Crippen molar-refractivity contribution in [3.8, 4) is 0 Å². The number of aromatic nitrogens is 1. The van der Waals surface area contributed by atoms with Gasteiger partial charge in [-0.25, -0.2) is 13.8 Å². The minimum Gasteiger partial charge on any atom is -0.336 e. The first kappa shape index (κ1) is 17.2. The van der Waals surface area contributed by atoms with Crippen LogP contribution in [-0.4, -0.2) is 34.7 Å². The van der Waals surface area contributed by atoms with Crippen molar-refractivity contribution in [3.05, 3.63) is 65.5 Å². The third-order valence-corrected chi connectivity index (χ3v) is 4.40. The first-order valence-corrected chi connectivity index (χ1v) is 8.21. The SMILES string of the molecule is O=C(Cc1ccccc1)[C@@H]1CCCN(C(=O)c2ncc(F)cc2F)C1. The number of carbonyl (C=O) groups excluding carboxylic acids is 2. The van der Waals surface area contributed by atoms with Gasteiger partial charge < -0.3 is 4.90 Å². The molecule has 1 aliphatic rings. The van der Waals surface area contributed by atoms with E-state index in [9.17, 15) is 18.4 Å². The molecule has 2 aromatic rings. The topological polar surface area (TPSA) is 50.3 Å². The molecule has 6 heteroatoms. The molecular weight excluding hydrogens is 326 g/mol. The van der Waals surface area contributed by atoms with Crippen LogP contribution in [-0.2, 0) is 11.2 Å². The van der Waals surface area contributed by atoms with E-state index in [1.54, 1.807) is 0 Å². The molecule has 0 unspecified atom stereocenters. The summed E-state index contributed by atoms with van der Waals surface area (Å²) >= 11 is 0. The van der Waals surface area contributed by atoms with Gasteiger partial charge in [0, 0.05) is 31.5 Å². The second-order valence-corrected chi connectivity index (χ2v) is 6.20. The van der Waals surface area contributed by atoms with E-state index in [1.807, 2.05) is 30.3 Å². The lowest BCUT2D eigenvalue weighted by atomic mass is 9.90. The van der Waals surface area contributed by atoms with Gasteiger partial charge in [0.15, 0.2) is 11.5 Å². The number of carbonyl (C=O) groups is 2. The van der Waals surface area contributed by atoms with Crippen molar-refractivity contribution in [2.24, 2.45) is 5.92 Å². The lowest BCUT2D eigenvalue weighted by molar-refractivity contribution is -0.123. The number of rotatable bonds is 4. The minimum absolute atomic E-state index is 0.0660. The molecular formula is C19H18F2N2O2.